The predicted octanol–water partition coefficient (Wildman–Crippen LogP) is -1.09. The summed E-state index contributed by atoms with van der Waals surface area (Å²) in [7, 11) is 4.59. The van der Waals surface area contributed by atoms with E-state index in [1.165, 1.54) is 12.8 Å². The lowest BCUT2D eigenvalue weighted by atomic mass is 9.98. The van der Waals surface area contributed by atoms with Gasteiger partial charge in [0.25, 0.3) is 0 Å². The number of halogens is 1. The highest BCUT2D eigenvalue weighted by molar-refractivity contribution is 5.87. The summed E-state index contributed by atoms with van der Waals surface area (Å²) < 4.78 is 11.6. The van der Waals surface area contributed by atoms with Crippen LogP contribution < -0.4 is 17.0 Å². The molecule has 0 spiro atoms. The minimum Gasteiger partial charge on any atom is -1.00 e. The molecular weight excluding hydrogens is 324 g/mol. The maximum atomic E-state index is 12.0. The van der Waals surface area contributed by atoms with Gasteiger partial charge in [0.15, 0.2) is 5.69 Å². The monoisotopic (exact) mass is 344 g/mol. The summed E-state index contributed by atoms with van der Waals surface area (Å²) in [5.41, 5.74) is 0.282. The second-order valence-electron chi connectivity index (χ2n) is 6.34. The van der Waals surface area contributed by atoms with Crippen LogP contribution in [0.4, 0.5) is 0 Å². The molecule has 5 nitrogen and oxygen atoms in total. The zero-order valence-corrected chi connectivity index (χ0v) is 13.7. The molecule has 0 aromatic carbocycles. The Hall–Kier alpha value is -0.880. The highest BCUT2D eigenvalue weighted by atomic mass is 79.9. The van der Waals surface area contributed by atoms with Crippen LogP contribution in [-0.2, 0) is 4.74 Å². The van der Waals surface area contributed by atoms with Crippen molar-refractivity contribution in [3.05, 3.63) is 17.5 Å². The van der Waals surface area contributed by atoms with E-state index in [2.05, 4.69) is 19.3 Å². The summed E-state index contributed by atoms with van der Waals surface area (Å²) in [5, 5.41) is 3.71. The molecule has 20 heavy (non-hydrogen) atoms. The number of carbonyl (C=O) groups is 1. The van der Waals surface area contributed by atoms with Crippen LogP contribution in [-0.4, -0.2) is 47.9 Å². The summed E-state index contributed by atoms with van der Waals surface area (Å²) in [4.78, 5) is 12.0. The number of hydrogen-bond acceptors (Lipinski definition) is 4. The molecule has 2 aliphatic heterocycles. The Balaban J connectivity index is 0.00000147. The number of esters is 1. The fraction of sp³-hybridized carbons (Fsp3) is 0.714. The molecule has 0 amide bonds. The minimum atomic E-state index is -0.353. The Morgan fingerprint density at radius 1 is 1.35 bits per heavy atom. The molecule has 0 radical (unpaired) electrons. The molecule has 2 bridgehead atoms. The van der Waals surface area contributed by atoms with Crippen molar-refractivity contribution < 1.29 is 35.5 Å². The minimum absolute atomic E-state index is 0. The fourth-order valence-electron chi connectivity index (χ4n) is 3.60. The van der Waals surface area contributed by atoms with Crippen LogP contribution >= 0.6 is 0 Å². The lowest BCUT2D eigenvalue weighted by Gasteiger charge is -2.43. The van der Waals surface area contributed by atoms with E-state index >= 15 is 0 Å². The summed E-state index contributed by atoms with van der Waals surface area (Å²) in [6.45, 7) is 1.77. The Morgan fingerprint density at radius 2 is 1.95 bits per heavy atom. The zero-order valence-electron chi connectivity index (χ0n) is 12.1. The Bertz CT molecular complexity index is 484. The third-order valence-corrected chi connectivity index (χ3v) is 4.90. The second kappa shape index (κ2) is 5.48. The van der Waals surface area contributed by atoms with Crippen molar-refractivity contribution in [3.8, 4) is 0 Å². The maximum absolute atomic E-state index is 12.0. The number of aromatic nitrogens is 1. The average Bonchev–Trinajstić information content (AvgIpc) is 2.78. The van der Waals surface area contributed by atoms with Crippen LogP contribution in [0.25, 0.3) is 0 Å². The summed E-state index contributed by atoms with van der Waals surface area (Å²) in [6.07, 6.45) is 4.45. The number of hydrogen-bond donors (Lipinski definition) is 0. The van der Waals surface area contributed by atoms with Crippen LogP contribution in [0.1, 0.15) is 41.9 Å². The first kappa shape index (κ1) is 15.5. The van der Waals surface area contributed by atoms with Gasteiger partial charge in [-0.3, -0.25) is 0 Å². The standard InChI is InChI=1S/C14H21N2O3.BrH/c1-9-6-13(15-19-9)14(17)18-12-7-10-4-5-11(8-12)16(10,2)3;/h6,10-12H,4-5,7-8H2,1-3H3;1H/q+1;/p-1. The van der Waals surface area contributed by atoms with E-state index in [4.69, 9.17) is 9.26 Å². The van der Waals surface area contributed by atoms with Crippen molar-refractivity contribution in [1.29, 1.82) is 0 Å². The zero-order chi connectivity index (χ0) is 13.6. The Morgan fingerprint density at radius 3 is 2.45 bits per heavy atom. The molecule has 1 aromatic heterocycles. The number of carbonyl (C=O) groups excluding carboxylic acids is 1. The van der Waals surface area contributed by atoms with Crippen molar-refractivity contribution >= 4 is 5.97 Å². The number of rotatable bonds is 2. The lowest BCUT2D eigenvalue weighted by molar-refractivity contribution is -0.931. The SMILES string of the molecule is Cc1cc(C(=O)OC2CC3CCC(C2)[N+]3(C)C)no1.[Br-]. The van der Waals surface area contributed by atoms with Crippen LogP contribution in [0.15, 0.2) is 10.6 Å². The molecule has 2 aliphatic rings. The molecule has 0 saturated carbocycles. The number of piperidine rings is 1. The van der Waals surface area contributed by atoms with Crippen molar-refractivity contribution in [2.75, 3.05) is 14.1 Å². The largest absolute Gasteiger partial charge is 1.00 e. The predicted molar refractivity (Wildman–Crippen MR) is 68.6 cm³/mol. The number of nitrogens with zero attached hydrogens (tertiary/aromatic N) is 2. The van der Waals surface area contributed by atoms with Crippen LogP contribution in [0.2, 0.25) is 0 Å². The first-order valence-corrected chi connectivity index (χ1v) is 6.94. The van der Waals surface area contributed by atoms with Gasteiger partial charge in [-0.1, -0.05) is 5.16 Å². The van der Waals surface area contributed by atoms with Crippen molar-refractivity contribution in [3.63, 3.8) is 0 Å². The number of fused-ring (bicyclic) bond motifs is 2. The molecule has 2 fully saturated rings. The molecule has 3 rings (SSSR count). The Kier molecular flexibility index (Phi) is 4.25. The van der Waals surface area contributed by atoms with E-state index in [0.29, 0.717) is 17.8 Å². The van der Waals surface area contributed by atoms with Gasteiger partial charge in [-0.15, -0.1) is 0 Å². The normalized spacial score (nSPS) is 30.6. The molecule has 2 atom stereocenters. The third kappa shape index (κ3) is 2.63. The number of aryl methyl sites for hydroxylation is 1. The average molecular weight is 345 g/mol. The van der Waals surface area contributed by atoms with E-state index in [0.717, 1.165) is 17.3 Å². The van der Waals surface area contributed by atoms with Crippen molar-refractivity contribution in [1.82, 2.24) is 5.16 Å². The van der Waals surface area contributed by atoms with Crippen LogP contribution in [0.5, 0.6) is 0 Å². The van der Waals surface area contributed by atoms with E-state index in [-0.39, 0.29) is 34.7 Å². The highest BCUT2D eigenvalue weighted by Gasteiger charge is 2.49. The smallest absolute Gasteiger partial charge is 0.360 e. The van der Waals surface area contributed by atoms with Gasteiger partial charge >= 0.3 is 5.97 Å². The van der Waals surface area contributed by atoms with Gasteiger partial charge in [-0.2, -0.15) is 0 Å². The summed E-state index contributed by atoms with van der Waals surface area (Å²) >= 11 is 0. The van der Waals surface area contributed by atoms with E-state index in [9.17, 15) is 4.79 Å². The highest BCUT2D eigenvalue weighted by Crippen LogP contribution is 2.40. The lowest BCUT2D eigenvalue weighted by Crippen LogP contribution is -3.00. The summed E-state index contributed by atoms with van der Waals surface area (Å²) in [5.74, 6) is 0.280. The van der Waals surface area contributed by atoms with Crippen LogP contribution in [0.3, 0.4) is 0 Å². The molecule has 2 unspecified atom stereocenters. The molecule has 2 saturated heterocycles. The Labute approximate surface area is 129 Å². The molecule has 112 valence electrons. The van der Waals surface area contributed by atoms with Gasteiger partial charge in [0, 0.05) is 31.7 Å². The molecule has 0 aliphatic carbocycles. The molecular formula is C14H21BrN2O3. The van der Waals surface area contributed by atoms with Gasteiger partial charge in [-0.25, -0.2) is 4.79 Å². The maximum Gasteiger partial charge on any atom is 0.360 e. The second-order valence-corrected chi connectivity index (χ2v) is 6.34. The van der Waals surface area contributed by atoms with Crippen molar-refractivity contribution in [2.24, 2.45) is 0 Å². The fourth-order valence-corrected chi connectivity index (χ4v) is 3.60. The quantitative estimate of drug-likeness (QED) is 0.505. The van der Waals surface area contributed by atoms with Gasteiger partial charge in [0.2, 0.25) is 0 Å². The number of ether oxygens (including phenoxy) is 1. The van der Waals surface area contributed by atoms with E-state index in [1.54, 1.807) is 13.0 Å². The molecule has 6 heteroatoms. The third-order valence-electron chi connectivity index (χ3n) is 4.90. The van der Waals surface area contributed by atoms with Crippen molar-refractivity contribution in [2.45, 2.75) is 50.8 Å². The van der Waals surface area contributed by atoms with E-state index in [1.807, 2.05) is 0 Å². The molecule has 0 N–H and O–H groups in total. The molecule has 1 aromatic rings. The van der Waals surface area contributed by atoms with Gasteiger partial charge < -0.3 is 30.7 Å². The van der Waals surface area contributed by atoms with E-state index < -0.39 is 0 Å². The topological polar surface area (TPSA) is 52.3 Å². The summed E-state index contributed by atoms with van der Waals surface area (Å²) in [6, 6.07) is 2.87. The van der Waals surface area contributed by atoms with Gasteiger partial charge in [0.1, 0.15) is 11.9 Å². The van der Waals surface area contributed by atoms with Crippen LogP contribution in [0, 0.1) is 6.92 Å². The first-order valence-electron chi connectivity index (χ1n) is 6.94. The number of quaternary nitrogens is 1. The van der Waals surface area contributed by atoms with Gasteiger partial charge in [0.05, 0.1) is 26.2 Å². The first-order chi connectivity index (χ1) is 8.96. The van der Waals surface area contributed by atoms with Gasteiger partial charge in [-0.05, 0) is 6.92 Å². The molecule has 3 heterocycles.